The van der Waals surface area contributed by atoms with Crippen LogP contribution in [-0.2, 0) is 19.6 Å². The highest BCUT2D eigenvalue weighted by molar-refractivity contribution is 7.92. The Labute approximate surface area is 214 Å². The molecule has 204 valence electrons. The van der Waals surface area contributed by atoms with Gasteiger partial charge in [-0.1, -0.05) is 20.8 Å². The number of benzene rings is 1. The molecule has 1 aromatic heterocycles. The van der Waals surface area contributed by atoms with Gasteiger partial charge in [0.05, 0.1) is 30.7 Å². The Kier molecular flexibility index (Phi) is 8.00. The molecule has 2 amide bonds. The lowest BCUT2D eigenvalue weighted by Gasteiger charge is -2.35. The summed E-state index contributed by atoms with van der Waals surface area (Å²) in [6, 6.07) is 4.36. The molecule has 2 heterocycles. The molecule has 1 aromatic carbocycles. The van der Waals surface area contributed by atoms with Gasteiger partial charge in [0.2, 0.25) is 5.91 Å². The van der Waals surface area contributed by atoms with Crippen molar-refractivity contribution in [3.63, 3.8) is 0 Å². The van der Waals surface area contributed by atoms with Crippen molar-refractivity contribution in [3.8, 4) is 5.75 Å². The van der Waals surface area contributed by atoms with E-state index < -0.39 is 39.8 Å². The summed E-state index contributed by atoms with van der Waals surface area (Å²) in [6.45, 7) is 6.88. The van der Waals surface area contributed by atoms with Gasteiger partial charge in [-0.3, -0.25) is 14.4 Å². The van der Waals surface area contributed by atoms with Crippen LogP contribution in [-0.4, -0.2) is 55.5 Å². The second kappa shape index (κ2) is 10.5. The van der Waals surface area contributed by atoms with E-state index in [1.807, 2.05) is 20.8 Å². The van der Waals surface area contributed by atoms with Gasteiger partial charge in [-0.25, -0.2) is 17.9 Å². The van der Waals surface area contributed by atoms with Crippen LogP contribution >= 0.6 is 0 Å². The summed E-state index contributed by atoms with van der Waals surface area (Å²) in [6.07, 6.45) is -1.14. The van der Waals surface area contributed by atoms with E-state index in [1.165, 1.54) is 32.0 Å². The van der Waals surface area contributed by atoms with Gasteiger partial charge >= 0.3 is 12.6 Å². The number of sulfonamides is 1. The van der Waals surface area contributed by atoms with Crippen LogP contribution in [0.5, 0.6) is 5.75 Å². The normalized spacial score (nSPS) is 16.6. The molecule has 2 N–H and O–H groups in total. The molecule has 0 saturated carbocycles. The highest BCUT2D eigenvalue weighted by atomic mass is 32.2. The Balaban J connectivity index is 1.98. The summed E-state index contributed by atoms with van der Waals surface area (Å²) in [5.41, 5.74) is -0.102. The van der Waals surface area contributed by atoms with E-state index >= 15 is 0 Å². The highest BCUT2D eigenvalue weighted by Gasteiger charge is 2.37. The smallest absolute Gasteiger partial charge is 0.411 e. The molecule has 2 unspecified atom stereocenters. The predicted molar refractivity (Wildman–Crippen MR) is 131 cm³/mol. The van der Waals surface area contributed by atoms with E-state index in [1.54, 1.807) is 6.92 Å². The van der Waals surface area contributed by atoms with E-state index in [-0.39, 0.29) is 51.9 Å². The molecule has 37 heavy (non-hydrogen) atoms. The van der Waals surface area contributed by atoms with E-state index in [0.717, 1.165) is 10.5 Å². The number of carbonyl (C=O) groups excluding carboxylic acids is 2. The van der Waals surface area contributed by atoms with Gasteiger partial charge in [0.15, 0.2) is 0 Å². The summed E-state index contributed by atoms with van der Waals surface area (Å²) in [5, 5.41) is 8.77. The van der Waals surface area contributed by atoms with Gasteiger partial charge in [-0.2, -0.15) is 13.9 Å². The number of alkyl halides is 2. The predicted octanol–water partition coefficient (Wildman–Crippen LogP) is 3.66. The lowest BCUT2D eigenvalue weighted by molar-refractivity contribution is -0.119. The van der Waals surface area contributed by atoms with Crippen LogP contribution in [0.25, 0.3) is 0 Å². The number of halogens is 2. The molecule has 14 heteroatoms. The zero-order chi connectivity index (χ0) is 27.7. The van der Waals surface area contributed by atoms with E-state index in [0.29, 0.717) is 0 Å². The molecule has 1 aliphatic heterocycles. The number of rotatable bonds is 7. The largest absolute Gasteiger partial charge is 0.484 e. The fraction of sp³-hybridized carbons (Fsp3) is 0.522. The minimum atomic E-state index is -4.39. The standard InChI is InChI=1S/C23H31F2N5O6S/c1-13-20(12-29(28-13)21(24)25)37(33,34)30-11-17(10-26-15(3)31)36-19-8-7-16(9-18(19)30)27-22(32)35-14(2)23(4,5)6/h7-9,12,14,17,21H,10-11H2,1-6H3,(H,26,31)(H,27,32). The fourth-order valence-electron chi connectivity index (χ4n) is 3.40. The third-order valence-electron chi connectivity index (χ3n) is 5.86. The maximum atomic E-state index is 13.7. The number of aromatic nitrogens is 2. The molecular formula is C23H31F2N5O6S. The monoisotopic (exact) mass is 543 g/mol. The zero-order valence-electron chi connectivity index (χ0n) is 21.4. The topological polar surface area (TPSA) is 132 Å². The molecule has 3 rings (SSSR count). The summed E-state index contributed by atoms with van der Waals surface area (Å²) >= 11 is 0. The first-order valence-corrected chi connectivity index (χ1v) is 12.9. The van der Waals surface area contributed by atoms with Gasteiger partial charge in [-0.15, -0.1) is 0 Å². The third-order valence-corrected chi connectivity index (χ3v) is 7.74. The number of fused-ring (bicyclic) bond motifs is 1. The van der Waals surface area contributed by atoms with Crippen molar-refractivity contribution in [1.29, 1.82) is 0 Å². The van der Waals surface area contributed by atoms with Crippen LogP contribution in [0.2, 0.25) is 0 Å². The average Bonchev–Trinajstić information content (AvgIpc) is 3.19. The van der Waals surface area contributed by atoms with Crippen molar-refractivity contribution < 1.29 is 36.3 Å². The Bertz CT molecular complexity index is 1270. The van der Waals surface area contributed by atoms with Crippen molar-refractivity contribution in [2.24, 2.45) is 5.41 Å². The SMILES string of the molecule is CC(=O)NCC1CN(S(=O)(=O)c2cn(C(F)F)nc2C)c2cc(NC(=O)OC(C)C(C)(C)C)ccc2O1. The molecule has 2 aromatic rings. The summed E-state index contributed by atoms with van der Waals surface area (Å²) in [5.74, 6) is -0.175. The van der Waals surface area contributed by atoms with E-state index in [4.69, 9.17) is 9.47 Å². The molecule has 0 spiro atoms. The Morgan fingerprint density at radius 3 is 2.54 bits per heavy atom. The Morgan fingerprint density at radius 1 is 1.30 bits per heavy atom. The number of ether oxygens (including phenoxy) is 2. The lowest BCUT2D eigenvalue weighted by atomic mass is 9.90. The number of nitrogens with zero attached hydrogens (tertiary/aromatic N) is 3. The van der Waals surface area contributed by atoms with Crippen LogP contribution in [0, 0.1) is 12.3 Å². The van der Waals surface area contributed by atoms with Crippen molar-refractivity contribution in [1.82, 2.24) is 15.1 Å². The van der Waals surface area contributed by atoms with Gasteiger partial charge in [0.1, 0.15) is 22.9 Å². The van der Waals surface area contributed by atoms with Crippen molar-refractivity contribution in [2.45, 2.75) is 65.2 Å². The first-order valence-electron chi connectivity index (χ1n) is 11.5. The van der Waals surface area contributed by atoms with Gasteiger partial charge in [-0.05, 0) is 37.5 Å². The van der Waals surface area contributed by atoms with Crippen molar-refractivity contribution in [2.75, 3.05) is 22.7 Å². The van der Waals surface area contributed by atoms with Gasteiger partial charge in [0.25, 0.3) is 10.0 Å². The minimum Gasteiger partial charge on any atom is -0.484 e. The molecule has 0 fully saturated rings. The van der Waals surface area contributed by atoms with Crippen LogP contribution in [0.4, 0.5) is 25.0 Å². The molecule has 0 aliphatic carbocycles. The maximum absolute atomic E-state index is 13.7. The average molecular weight is 544 g/mol. The number of hydrogen-bond donors (Lipinski definition) is 2. The molecular weight excluding hydrogens is 512 g/mol. The molecule has 0 bridgehead atoms. The van der Waals surface area contributed by atoms with Crippen LogP contribution in [0.15, 0.2) is 29.3 Å². The summed E-state index contributed by atoms with van der Waals surface area (Å²) < 4.78 is 66.2. The first-order chi connectivity index (χ1) is 17.1. The number of carbonyl (C=O) groups is 2. The van der Waals surface area contributed by atoms with Crippen molar-refractivity contribution >= 4 is 33.4 Å². The van der Waals surface area contributed by atoms with Crippen LogP contribution < -0.4 is 19.7 Å². The third kappa shape index (κ3) is 6.48. The lowest BCUT2D eigenvalue weighted by Crippen LogP contribution is -2.48. The van der Waals surface area contributed by atoms with Crippen LogP contribution in [0.3, 0.4) is 0 Å². The van der Waals surface area contributed by atoms with Crippen LogP contribution in [0.1, 0.15) is 46.9 Å². The number of amides is 2. The number of anilines is 2. The fourth-order valence-corrected chi connectivity index (χ4v) is 5.06. The Morgan fingerprint density at radius 2 is 1.97 bits per heavy atom. The second-order valence-electron chi connectivity index (χ2n) is 9.77. The molecule has 11 nitrogen and oxygen atoms in total. The number of aryl methyl sites for hydroxylation is 1. The Hall–Kier alpha value is -3.42. The highest BCUT2D eigenvalue weighted by Crippen LogP contribution is 2.39. The molecule has 2 atom stereocenters. The maximum Gasteiger partial charge on any atom is 0.411 e. The molecule has 0 saturated heterocycles. The molecule has 0 radical (unpaired) electrons. The summed E-state index contributed by atoms with van der Waals surface area (Å²) in [4.78, 5) is 23.4. The molecule has 1 aliphatic rings. The number of nitrogens with one attached hydrogen (secondary N) is 2. The zero-order valence-corrected chi connectivity index (χ0v) is 22.2. The summed E-state index contributed by atoms with van der Waals surface area (Å²) in [7, 11) is -4.39. The van der Waals surface area contributed by atoms with Gasteiger partial charge < -0.3 is 14.8 Å². The quantitative estimate of drug-likeness (QED) is 0.545. The first kappa shape index (κ1) is 28.2. The number of hydrogen-bond acceptors (Lipinski definition) is 7. The minimum absolute atomic E-state index is 0.00703. The second-order valence-corrected chi connectivity index (χ2v) is 11.6. The van der Waals surface area contributed by atoms with Crippen molar-refractivity contribution in [3.05, 3.63) is 30.1 Å². The van der Waals surface area contributed by atoms with E-state index in [9.17, 15) is 26.8 Å². The van der Waals surface area contributed by atoms with Gasteiger partial charge in [0, 0.05) is 12.6 Å². The van der Waals surface area contributed by atoms with E-state index in [2.05, 4.69) is 15.7 Å².